The molecule has 136 valence electrons. The summed E-state index contributed by atoms with van der Waals surface area (Å²) in [5.41, 5.74) is 1.68. The van der Waals surface area contributed by atoms with Gasteiger partial charge in [0.1, 0.15) is 5.60 Å². The van der Waals surface area contributed by atoms with E-state index >= 15 is 0 Å². The average molecular weight is 410 g/mol. The molecule has 0 heterocycles. The molecule has 25 heavy (non-hydrogen) atoms. The Morgan fingerprint density at radius 1 is 1.32 bits per heavy atom. The number of carbonyl (C=O) groups excluding carboxylic acids is 2. The summed E-state index contributed by atoms with van der Waals surface area (Å²) in [5.74, 6) is -0.490. The van der Waals surface area contributed by atoms with Gasteiger partial charge >= 0.3 is 12.1 Å². The number of allylic oxidation sites excluding steroid dienone is 2. The Hall–Kier alpha value is -1.82. The van der Waals surface area contributed by atoms with Gasteiger partial charge in [0.25, 0.3) is 0 Å². The third kappa shape index (κ3) is 6.53. The molecule has 0 fully saturated rings. The molecular formula is C19H24BrNO4. The van der Waals surface area contributed by atoms with E-state index < -0.39 is 11.7 Å². The van der Waals surface area contributed by atoms with Crippen molar-refractivity contribution in [1.29, 1.82) is 0 Å². The van der Waals surface area contributed by atoms with Crippen LogP contribution < -0.4 is 5.32 Å². The Morgan fingerprint density at radius 2 is 2.08 bits per heavy atom. The minimum absolute atomic E-state index is 0.180. The number of hydrogen-bond donors (Lipinski definition) is 1. The molecule has 0 bridgehead atoms. The number of amides is 1. The molecule has 0 aromatic heterocycles. The fourth-order valence-corrected chi connectivity index (χ4v) is 3.03. The van der Waals surface area contributed by atoms with Crippen molar-refractivity contribution in [3.63, 3.8) is 0 Å². The maximum atomic E-state index is 12.3. The second-order valence-electron chi connectivity index (χ2n) is 7.00. The highest BCUT2D eigenvalue weighted by Gasteiger charge is 2.25. The standard InChI is InChI=1S/C19H24BrNO4/c1-19(2,3)25-18(23)21-12-24-17(22)15-8-4-6-13(10-15)14-7-5-9-16(20)11-14/h5-7,9,11,15H,4,8,10,12H2,1-3H3,(H,21,23)/t15-/m1/s1. The lowest BCUT2D eigenvalue weighted by Gasteiger charge is -2.22. The average Bonchev–Trinajstić information content (AvgIpc) is 2.53. The van der Waals surface area contributed by atoms with Gasteiger partial charge in [-0.1, -0.05) is 34.1 Å². The summed E-state index contributed by atoms with van der Waals surface area (Å²) < 4.78 is 11.3. The first-order chi connectivity index (χ1) is 11.7. The van der Waals surface area contributed by atoms with Crippen molar-refractivity contribution in [3.8, 4) is 0 Å². The summed E-state index contributed by atoms with van der Waals surface area (Å²) in [5, 5.41) is 2.43. The maximum absolute atomic E-state index is 12.3. The van der Waals surface area contributed by atoms with E-state index in [-0.39, 0.29) is 18.6 Å². The zero-order valence-electron chi connectivity index (χ0n) is 14.8. The molecule has 0 saturated heterocycles. The van der Waals surface area contributed by atoms with Crippen molar-refractivity contribution in [3.05, 3.63) is 40.4 Å². The molecule has 1 N–H and O–H groups in total. The largest absolute Gasteiger partial charge is 0.444 e. The summed E-state index contributed by atoms with van der Waals surface area (Å²) in [6, 6.07) is 8.03. The van der Waals surface area contributed by atoms with Crippen molar-refractivity contribution in [2.75, 3.05) is 6.73 Å². The number of ether oxygens (including phenoxy) is 2. The first-order valence-electron chi connectivity index (χ1n) is 8.33. The van der Waals surface area contributed by atoms with E-state index in [0.717, 1.165) is 28.5 Å². The zero-order valence-corrected chi connectivity index (χ0v) is 16.4. The maximum Gasteiger partial charge on any atom is 0.410 e. The third-order valence-electron chi connectivity index (χ3n) is 3.73. The van der Waals surface area contributed by atoms with Crippen molar-refractivity contribution in [2.24, 2.45) is 5.92 Å². The highest BCUT2D eigenvalue weighted by atomic mass is 79.9. The first-order valence-corrected chi connectivity index (χ1v) is 9.12. The highest BCUT2D eigenvalue weighted by Crippen LogP contribution is 2.32. The summed E-state index contributed by atoms with van der Waals surface area (Å²) in [7, 11) is 0. The molecule has 1 aromatic carbocycles. The van der Waals surface area contributed by atoms with E-state index in [0.29, 0.717) is 6.42 Å². The third-order valence-corrected chi connectivity index (χ3v) is 4.22. The van der Waals surface area contributed by atoms with Gasteiger partial charge in [-0.05, 0) is 63.3 Å². The number of benzene rings is 1. The molecule has 0 radical (unpaired) electrons. The van der Waals surface area contributed by atoms with E-state index in [9.17, 15) is 9.59 Å². The van der Waals surface area contributed by atoms with Gasteiger partial charge in [-0.3, -0.25) is 10.1 Å². The van der Waals surface area contributed by atoms with Gasteiger partial charge in [0.15, 0.2) is 6.73 Å². The minimum Gasteiger partial charge on any atom is -0.444 e. The normalized spacial score (nSPS) is 17.4. The number of halogens is 1. The molecule has 0 spiro atoms. The Kier molecular flexibility index (Phi) is 6.64. The zero-order chi connectivity index (χ0) is 18.4. The van der Waals surface area contributed by atoms with Crippen LogP contribution in [0, 0.1) is 5.92 Å². The molecule has 1 aromatic rings. The lowest BCUT2D eigenvalue weighted by molar-refractivity contribution is -0.149. The van der Waals surface area contributed by atoms with Crippen LogP contribution in [-0.4, -0.2) is 24.4 Å². The second kappa shape index (κ2) is 8.52. The van der Waals surface area contributed by atoms with E-state index in [1.54, 1.807) is 20.8 Å². The molecule has 2 rings (SSSR count). The number of alkyl carbamates (subject to hydrolysis) is 1. The molecule has 0 saturated carbocycles. The van der Waals surface area contributed by atoms with E-state index in [2.05, 4.69) is 27.3 Å². The van der Waals surface area contributed by atoms with Crippen molar-refractivity contribution >= 4 is 33.6 Å². The Labute approximate surface area is 156 Å². The Morgan fingerprint density at radius 3 is 2.76 bits per heavy atom. The lowest BCUT2D eigenvalue weighted by atomic mass is 9.85. The van der Waals surface area contributed by atoms with Gasteiger partial charge in [0, 0.05) is 4.47 Å². The van der Waals surface area contributed by atoms with Gasteiger partial charge in [-0.2, -0.15) is 0 Å². The van der Waals surface area contributed by atoms with Crippen LogP contribution in [0.3, 0.4) is 0 Å². The van der Waals surface area contributed by atoms with Crippen LogP contribution in [0.15, 0.2) is 34.8 Å². The van der Waals surface area contributed by atoms with E-state index in [1.807, 2.05) is 24.3 Å². The molecular weight excluding hydrogens is 386 g/mol. The number of nitrogens with one attached hydrogen (secondary N) is 1. The predicted molar refractivity (Wildman–Crippen MR) is 99.8 cm³/mol. The summed E-state index contributed by atoms with van der Waals surface area (Å²) in [4.78, 5) is 23.8. The van der Waals surface area contributed by atoms with Gasteiger partial charge in [0.05, 0.1) is 5.92 Å². The van der Waals surface area contributed by atoms with Crippen LogP contribution in [0.1, 0.15) is 45.6 Å². The van der Waals surface area contributed by atoms with Gasteiger partial charge in [0.2, 0.25) is 0 Å². The van der Waals surface area contributed by atoms with E-state index in [1.165, 1.54) is 0 Å². The number of hydrogen-bond acceptors (Lipinski definition) is 4. The Balaban J connectivity index is 1.83. The fourth-order valence-electron chi connectivity index (χ4n) is 2.63. The topological polar surface area (TPSA) is 64.6 Å². The quantitative estimate of drug-likeness (QED) is 0.579. The molecule has 6 heteroatoms. The summed E-state index contributed by atoms with van der Waals surface area (Å²) in [6.07, 6.45) is 3.80. The molecule has 0 aliphatic heterocycles. The smallest absolute Gasteiger partial charge is 0.410 e. The summed E-state index contributed by atoms with van der Waals surface area (Å²) >= 11 is 3.47. The van der Waals surface area contributed by atoms with Crippen LogP contribution in [0.25, 0.3) is 5.57 Å². The van der Waals surface area contributed by atoms with Crippen molar-refractivity contribution < 1.29 is 19.1 Å². The predicted octanol–water partition coefficient (Wildman–Crippen LogP) is 4.66. The molecule has 0 unspecified atom stereocenters. The SMILES string of the molecule is CC(C)(C)OC(=O)NCOC(=O)[C@@H]1CCC=C(c2cccc(Br)c2)C1. The highest BCUT2D eigenvalue weighted by molar-refractivity contribution is 9.10. The van der Waals surface area contributed by atoms with Crippen LogP contribution in [0.5, 0.6) is 0 Å². The van der Waals surface area contributed by atoms with Crippen LogP contribution in [-0.2, 0) is 14.3 Å². The number of carbonyl (C=O) groups is 2. The second-order valence-corrected chi connectivity index (χ2v) is 7.92. The molecule has 1 aliphatic rings. The first kappa shape index (κ1) is 19.5. The molecule has 1 atom stereocenters. The minimum atomic E-state index is -0.598. The van der Waals surface area contributed by atoms with Crippen LogP contribution >= 0.6 is 15.9 Å². The van der Waals surface area contributed by atoms with Gasteiger partial charge < -0.3 is 9.47 Å². The monoisotopic (exact) mass is 409 g/mol. The fraction of sp³-hybridized carbons (Fsp3) is 0.474. The van der Waals surface area contributed by atoms with Crippen LogP contribution in [0.4, 0.5) is 4.79 Å². The molecule has 5 nitrogen and oxygen atoms in total. The Bertz CT molecular complexity index is 664. The number of rotatable bonds is 4. The van der Waals surface area contributed by atoms with Gasteiger partial charge in [-0.15, -0.1) is 0 Å². The summed E-state index contributed by atoms with van der Waals surface area (Å²) in [6.45, 7) is 5.14. The lowest BCUT2D eigenvalue weighted by Crippen LogP contribution is -2.35. The van der Waals surface area contributed by atoms with Gasteiger partial charge in [-0.25, -0.2) is 4.79 Å². The molecule has 1 amide bonds. The van der Waals surface area contributed by atoms with Crippen molar-refractivity contribution in [2.45, 2.75) is 45.6 Å². The van der Waals surface area contributed by atoms with E-state index in [4.69, 9.17) is 9.47 Å². The molecule has 1 aliphatic carbocycles. The van der Waals surface area contributed by atoms with Crippen molar-refractivity contribution in [1.82, 2.24) is 5.32 Å². The van der Waals surface area contributed by atoms with Crippen LogP contribution in [0.2, 0.25) is 0 Å². The number of esters is 1.